The second-order valence-corrected chi connectivity index (χ2v) is 33.8. The summed E-state index contributed by atoms with van der Waals surface area (Å²) in [6.45, 7) is 41.4. The van der Waals surface area contributed by atoms with Crippen LogP contribution in [0.2, 0.25) is 0 Å². The van der Waals surface area contributed by atoms with Gasteiger partial charge < -0.3 is 79.2 Å². The molecule has 0 bridgehead atoms. The number of carbonyl (C=O) groups excluding carboxylic acids is 4. The molecule has 0 aromatic heterocycles. The summed E-state index contributed by atoms with van der Waals surface area (Å²) in [4.78, 5) is 59.0. The van der Waals surface area contributed by atoms with Crippen LogP contribution in [0.15, 0.2) is 0 Å². The molecule has 0 radical (unpaired) electrons. The van der Waals surface area contributed by atoms with Gasteiger partial charge in [-0.05, 0) is 199 Å². The number of aliphatic hydroxyl groups is 2. The Morgan fingerprint density at radius 3 is 0.928 bits per heavy atom. The van der Waals surface area contributed by atoms with Crippen molar-refractivity contribution in [1.82, 2.24) is 50.7 Å². The minimum Gasteiger partial charge on any atom is -1.00 e. The van der Waals surface area contributed by atoms with Crippen LogP contribution < -0.4 is 45.1 Å². The maximum absolute atomic E-state index is 11.5. The van der Waals surface area contributed by atoms with E-state index in [1.807, 2.05) is 83.1 Å². The van der Waals surface area contributed by atoms with E-state index in [0.29, 0.717) is 70.8 Å². The molecule has 0 aliphatic carbocycles. The van der Waals surface area contributed by atoms with Gasteiger partial charge in [0.15, 0.2) is 0 Å². The number of nitrogens with zero attached hydrogens (tertiary/aromatic N) is 6. The Bertz CT molecular complexity index is 2220. The number of quaternary nitrogens is 1. The first kappa shape index (κ1) is 94.4. The zero-order valence-corrected chi connectivity index (χ0v) is 65.3. The predicted molar refractivity (Wildman–Crippen MR) is 379 cm³/mol. The number of aliphatic hydroxyl groups excluding tert-OH is 2. The number of rotatable bonds is 20. The van der Waals surface area contributed by atoms with E-state index in [0.717, 1.165) is 162 Å². The lowest BCUT2D eigenvalue weighted by Gasteiger charge is -2.31. The molecule has 4 amide bonds. The van der Waals surface area contributed by atoms with E-state index in [2.05, 4.69) is 56.4 Å². The number of likely N-dealkylation sites (tertiary alicyclic amines) is 6. The standard InChI is InChI=1S/2C13H26N2O5S.C12H23ClN2O2.C12H24N2O3.C7H15ClN2.C7H16N2O.ClH/c2*1-13(2,3)19-12(16)14-7-9-15-8-5-6-11(10-15)20-21(4,17)18;1-12(2,3)17-11(16)14-6-8-15-7-4-5-10(13)9-15;1-12(2,3)17-11(16)13-6-8-14-7-4-5-10(15)9-14;8-7-2-1-4-10(6-7)5-3-9;8-3-5-9-4-1-2-7(10)6-9;/h2*11H,5-10H2,1-4H3,(H,14,16);10H,4-9H2,1-3H3,(H,14,16);10,15H,4-9H2,1-3H3,(H,13,16);7H,1-6,9H2;7,10H,1-6,8H2;1H. The van der Waals surface area contributed by atoms with Crippen LogP contribution in [-0.2, 0) is 47.5 Å². The Balaban J connectivity index is 0.00000116. The van der Waals surface area contributed by atoms with E-state index in [1.165, 1.54) is 19.4 Å². The number of piperidine rings is 6. The number of nitrogens with one attached hydrogen (secondary N) is 4. The third-order valence-corrected chi connectivity index (χ3v) is 16.7. The molecule has 33 heteroatoms. The van der Waals surface area contributed by atoms with Crippen LogP contribution in [0.25, 0.3) is 0 Å². The van der Waals surface area contributed by atoms with Crippen LogP contribution >= 0.6 is 23.2 Å². The van der Waals surface area contributed by atoms with Crippen molar-refractivity contribution >= 4 is 67.8 Å². The minimum atomic E-state index is -3.42. The summed E-state index contributed by atoms with van der Waals surface area (Å²) >= 11 is 12.1. The lowest BCUT2D eigenvalue weighted by atomic mass is 10.1. The van der Waals surface area contributed by atoms with Crippen molar-refractivity contribution in [3.05, 3.63) is 0 Å². The normalized spacial score (nSPS) is 22.8. The predicted octanol–water partition coefficient (Wildman–Crippen LogP) is 1.42. The number of halogens is 3. The van der Waals surface area contributed by atoms with Crippen molar-refractivity contribution in [3.8, 4) is 0 Å². The molecule has 6 rings (SSSR count). The highest BCUT2D eigenvalue weighted by molar-refractivity contribution is 7.86. The summed E-state index contributed by atoms with van der Waals surface area (Å²) in [7, 11) is -6.84. The van der Waals surface area contributed by atoms with Crippen LogP contribution in [0.5, 0.6) is 0 Å². The maximum atomic E-state index is 11.5. The number of hydrogen-bond donors (Lipinski definition) is 8. The van der Waals surface area contributed by atoms with Gasteiger partial charge >= 0.3 is 24.4 Å². The molecule has 576 valence electrons. The monoisotopic (exact) mass is 1490 g/mol. The molecule has 6 aliphatic heterocycles. The molecule has 11 N–H and O–H groups in total. The SMILES string of the molecule is CC(C)(C)OC(=O)NCCN1CCCC(Cl)C1.CC(C)(C)OC(=O)NCCN1CCCC(O)C1.CC(C)(C)OC(=O)NCCN1CCCC(OS(C)(=O)=O)C1.CC(C)(C)OC(=O)NCCN1CCCC(OS(C)(=O)=O)C1.NCCN1CCCC(O)C1.[Cl-].[NH3+]CCN1CCCC(Cl)C1. The summed E-state index contributed by atoms with van der Waals surface area (Å²) in [5.41, 5.74) is 7.29. The molecule has 6 unspecified atom stereocenters. The number of carbonyl (C=O) groups is 4. The fourth-order valence-corrected chi connectivity index (χ4v) is 12.9. The molecule has 0 spiro atoms. The Morgan fingerprint density at radius 2 is 0.680 bits per heavy atom. The average Bonchev–Trinajstić information content (AvgIpc) is 1.09. The molecule has 6 atom stereocenters. The van der Waals surface area contributed by atoms with Crippen LogP contribution in [0.3, 0.4) is 0 Å². The molecule has 0 saturated carbocycles. The van der Waals surface area contributed by atoms with E-state index in [-0.39, 0.29) is 54.4 Å². The summed E-state index contributed by atoms with van der Waals surface area (Å²) in [5.74, 6) is 0. The van der Waals surface area contributed by atoms with Gasteiger partial charge in [0.1, 0.15) is 22.4 Å². The van der Waals surface area contributed by atoms with Crippen molar-refractivity contribution in [1.29, 1.82) is 0 Å². The van der Waals surface area contributed by atoms with Crippen LogP contribution in [0, 0.1) is 0 Å². The molecule has 97 heavy (non-hydrogen) atoms. The molecule has 0 aromatic rings. The first-order chi connectivity index (χ1) is 44.5. The van der Waals surface area contributed by atoms with Crippen LogP contribution in [-0.4, -0.2) is 308 Å². The van der Waals surface area contributed by atoms with Crippen molar-refractivity contribution in [2.75, 3.05) is 170 Å². The smallest absolute Gasteiger partial charge is 0.407 e. The third-order valence-electron chi connectivity index (χ3n) is 14.7. The second kappa shape index (κ2) is 49.1. The quantitative estimate of drug-likeness (QED) is 0.0485. The number of hydrogen-bond acceptors (Lipinski definition) is 23. The fourth-order valence-electron chi connectivity index (χ4n) is 10.9. The van der Waals surface area contributed by atoms with Gasteiger partial charge in [0.25, 0.3) is 20.2 Å². The number of nitrogens with two attached hydrogens (primary N) is 1. The van der Waals surface area contributed by atoms with Crippen molar-refractivity contribution in [3.63, 3.8) is 0 Å². The van der Waals surface area contributed by atoms with Crippen molar-refractivity contribution in [2.45, 2.75) is 218 Å². The Morgan fingerprint density at radius 1 is 0.433 bits per heavy atom. The summed E-state index contributed by atoms with van der Waals surface area (Å²) in [5, 5.41) is 30.2. The van der Waals surface area contributed by atoms with E-state index in [4.69, 9.17) is 56.2 Å². The maximum Gasteiger partial charge on any atom is 0.407 e. The van der Waals surface area contributed by atoms with E-state index in [9.17, 15) is 46.2 Å². The summed E-state index contributed by atoms with van der Waals surface area (Å²) in [6, 6.07) is 0. The molecule has 6 saturated heterocycles. The van der Waals surface area contributed by atoms with Gasteiger partial charge in [0.05, 0.1) is 43.5 Å². The number of alkyl halides is 2. The topological polar surface area (TPSA) is 354 Å². The fraction of sp³-hybridized carbons (Fsp3) is 0.938. The van der Waals surface area contributed by atoms with Crippen LogP contribution in [0.1, 0.15) is 160 Å². The van der Waals surface area contributed by atoms with Gasteiger partial charge in [0, 0.05) is 122 Å². The first-order valence-corrected chi connectivity index (χ1v) is 39.1. The summed E-state index contributed by atoms with van der Waals surface area (Å²) in [6.07, 6.45) is 11.5. The average molecular weight is 1500 g/mol. The largest absolute Gasteiger partial charge is 1.00 e. The Hall–Kier alpha value is -2.63. The second-order valence-electron chi connectivity index (χ2n) is 29.4. The van der Waals surface area contributed by atoms with Gasteiger partial charge in [0.2, 0.25) is 0 Å². The van der Waals surface area contributed by atoms with Crippen molar-refractivity contribution < 1.29 is 91.7 Å². The highest BCUT2D eigenvalue weighted by Gasteiger charge is 2.27. The molecule has 6 heterocycles. The summed E-state index contributed by atoms with van der Waals surface area (Å²) < 4.78 is 75.1. The first-order valence-electron chi connectivity index (χ1n) is 34.6. The number of alkyl carbamates (subject to hydrolysis) is 4. The third kappa shape index (κ3) is 56.6. The van der Waals surface area contributed by atoms with E-state index < -0.39 is 54.8 Å². The molecule has 6 aliphatic rings. The van der Waals surface area contributed by atoms with Crippen LogP contribution in [0.4, 0.5) is 19.2 Å². The zero-order valence-electron chi connectivity index (χ0n) is 61.4. The molecule has 6 fully saturated rings. The minimum absolute atomic E-state index is 0. The number of amides is 4. The van der Waals surface area contributed by atoms with Gasteiger partial charge in [-0.2, -0.15) is 16.8 Å². The highest BCUT2D eigenvalue weighted by atomic mass is 35.5. The Labute approximate surface area is 600 Å². The van der Waals surface area contributed by atoms with Gasteiger partial charge in [-0.15, -0.1) is 23.2 Å². The number of ether oxygens (including phenoxy) is 4. The lowest BCUT2D eigenvalue weighted by molar-refractivity contribution is -0.369. The van der Waals surface area contributed by atoms with E-state index >= 15 is 0 Å². The lowest BCUT2D eigenvalue weighted by Crippen LogP contribution is -3.00. The number of β-amino-alcohol motifs (C(OH)–C–C–N with tert-alkyl or cyclic N) is 2. The highest BCUT2D eigenvalue weighted by Crippen LogP contribution is 2.19. The van der Waals surface area contributed by atoms with Gasteiger partial charge in [-0.3, -0.25) is 32.9 Å². The van der Waals surface area contributed by atoms with Crippen molar-refractivity contribution in [2.24, 2.45) is 5.73 Å². The Kier molecular flexibility index (Phi) is 47.8. The zero-order chi connectivity index (χ0) is 72.8. The molecule has 28 nitrogen and oxygen atoms in total. The molecular weight excluding hydrogens is 1360 g/mol. The van der Waals surface area contributed by atoms with E-state index in [1.54, 1.807) is 0 Å². The molecular formula is C64H131Cl3N12O16S2. The van der Waals surface area contributed by atoms with Gasteiger partial charge in [-0.25, -0.2) is 19.2 Å². The van der Waals surface area contributed by atoms with Gasteiger partial charge in [-0.1, -0.05) is 0 Å². The molecule has 0 aromatic carbocycles.